The van der Waals surface area contributed by atoms with Gasteiger partial charge in [0.05, 0.1) is 26.2 Å². The molecule has 1 heterocycles. The predicted molar refractivity (Wildman–Crippen MR) is 70.9 cm³/mol. The minimum Gasteiger partial charge on any atom is -0.319 e. The molecule has 0 saturated carbocycles. The lowest BCUT2D eigenvalue weighted by atomic mass is 10.2. The van der Waals surface area contributed by atoms with Crippen molar-refractivity contribution >= 4 is 10.0 Å². The van der Waals surface area contributed by atoms with Crippen LogP contribution >= 0.6 is 0 Å². The van der Waals surface area contributed by atoms with Crippen LogP contribution in [0.1, 0.15) is 6.92 Å². The Kier molecular flexibility index (Phi) is 4.38. The number of nitrogens with zero attached hydrogens (tertiary/aromatic N) is 2. The third kappa shape index (κ3) is 2.82. The van der Waals surface area contributed by atoms with Gasteiger partial charge in [-0.15, -0.1) is 0 Å². The standard InChI is InChI=1S/C13H16FN3O2S/c1-11(10-15)16-6-8-17(9-7-16)20(18,19)13-5-3-2-4-12(13)14/h2-5,11H,6-9H2,1H3/p+1/t11-/m1/s1. The molecule has 1 aliphatic rings. The smallest absolute Gasteiger partial charge is 0.246 e. The van der Waals surface area contributed by atoms with E-state index in [1.54, 1.807) is 0 Å². The fraction of sp³-hybridized carbons (Fsp3) is 0.462. The predicted octanol–water partition coefficient (Wildman–Crippen LogP) is -0.373. The van der Waals surface area contributed by atoms with E-state index in [0.717, 1.165) is 11.0 Å². The third-order valence-electron chi connectivity index (χ3n) is 3.63. The number of piperazine rings is 1. The van der Waals surface area contributed by atoms with E-state index < -0.39 is 15.8 Å². The van der Waals surface area contributed by atoms with Crippen LogP contribution in [-0.4, -0.2) is 44.9 Å². The Morgan fingerprint density at radius 1 is 1.35 bits per heavy atom. The minimum absolute atomic E-state index is 0.159. The first-order valence-corrected chi connectivity index (χ1v) is 7.89. The molecule has 20 heavy (non-hydrogen) atoms. The molecule has 0 spiro atoms. The third-order valence-corrected chi connectivity index (χ3v) is 5.56. The largest absolute Gasteiger partial charge is 0.319 e. The fourth-order valence-corrected chi connectivity index (χ4v) is 3.84. The second-order valence-corrected chi connectivity index (χ2v) is 6.75. The molecular formula is C13H17FN3O2S+. The monoisotopic (exact) mass is 298 g/mol. The second kappa shape index (κ2) is 5.87. The van der Waals surface area contributed by atoms with Crippen molar-refractivity contribution < 1.29 is 17.7 Å². The van der Waals surface area contributed by atoms with Gasteiger partial charge in [-0.1, -0.05) is 12.1 Å². The lowest BCUT2D eigenvalue weighted by Crippen LogP contribution is -3.17. The topological polar surface area (TPSA) is 65.6 Å². The summed E-state index contributed by atoms with van der Waals surface area (Å²) in [6.07, 6.45) is 0. The molecule has 1 aromatic rings. The molecule has 7 heteroatoms. The zero-order valence-corrected chi connectivity index (χ0v) is 12.0. The number of quaternary nitrogens is 1. The zero-order chi connectivity index (χ0) is 14.8. The molecule has 2 rings (SSSR count). The van der Waals surface area contributed by atoms with E-state index >= 15 is 0 Å². The second-order valence-electron chi connectivity index (χ2n) is 4.84. The lowest BCUT2D eigenvalue weighted by Gasteiger charge is -2.32. The Labute approximate surface area is 118 Å². The van der Waals surface area contributed by atoms with Crippen molar-refractivity contribution in [3.05, 3.63) is 30.1 Å². The number of nitriles is 1. The average Bonchev–Trinajstić information content (AvgIpc) is 2.47. The van der Waals surface area contributed by atoms with Gasteiger partial charge in [0.1, 0.15) is 16.8 Å². The highest BCUT2D eigenvalue weighted by Gasteiger charge is 2.33. The van der Waals surface area contributed by atoms with Gasteiger partial charge in [-0.2, -0.15) is 9.57 Å². The van der Waals surface area contributed by atoms with Crippen LogP contribution in [0.2, 0.25) is 0 Å². The van der Waals surface area contributed by atoms with Crippen molar-refractivity contribution in [1.82, 2.24) is 4.31 Å². The molecule has 1 saturated heterocycles. The van der Waals surface area contributed by atoms with Gasteiger partial charge in [-0.3, -0.25) is 0 Å². The molecule has 108 valence electrons. The highest BCUT2D eigenvalue weighted by atomic mass is 32.2. The number of benzene rings is 1. The normalized spacial score (nSPS) is 19.4. The molecule has 5 nitrogen and oxygen atoms in total. The molecule has 0 aliphatic carbocycles. The van der Waals surface area contributed by atoms with Crippen LogP contribution in [0.25, 0.3) is 0 Å². The molecule has 1 aromatic carbocycles. The number of halogens is 1. The quantitative estimate of drug-likeness (QED) is 0.828. The summed E-state index contributed by atoms with van der Waals surface area (Å²) in [5.74, 6) is -0.729. The summed E-state index contributed by atoms with van der Waals surface area (Å²) < 4.78 is 39.7. The summed E-state index contributed by atoms with van der Waals surface area (Å²) >= 11 is 0. The number of hydrogen-bond donors (Lipinski definition) is 1. The summed E-state index contributed by atoms with van der Waals surface area (Å²) in [5, 5.41) is 8.87. The Hall–Kier alpha value is -1.49. The number of sulfonamides is 1. The van der Waals surface area contributed by atoms with E-state index in [-0.39, 0.29) is 10.9 Å². The molecule has 0 radical (unpaired) electrons. The van der Waals surface area contributed by atoms with E-state index in [9.17, 15) is 12.8 Å². The summed E-state index contributed by atoms with van der Waals surface area (Å²) in [5.41, 5.74) is 0. The first-order valence-electron chi connectivity index (χ1n) is 6.45. The highest BCUT2D eigenvalue weighted by molar-refractivity contribution is 7.89. The van der Waals surface area contributed by atoms with Crippen molar-refractivity contribution in [2.75, 3.05) is 26.2 Å². The van der Waals surface area contributed by atoms with Gasteiger partial charge >= 0.3 is 0 Å². The van der Waals surface area contributed by atoms with E-state index in [2.05, 4.69) is 6.07 Å². The summed E-state index contributed by atoms with van der Waals surface area (Å²) in [7, 11) is -3.79. The highest BCUT2D eigenvalue weighted by Crippen LogP contribution is 2.18. The van der Waals surface area contributed by atoms with Gasteiger partial charge in [0.15, 0.2) is 6.04 Å². The number of nitrogens with one attached hydrogen (secondary N) is 1. The van der Waals surface area contributed by atoms with Crippen LogP contribution in [0, 0.1) is 17.1 Å². The van der Waals surface area contributed by atoms with Crippen molar-refractivity contribution in [1.29, 1.82) is 5.26 Å². The summed E-state index contributed by atoms with van der Waals surface area (Å²) in [4.78, 5) is 0.782. The molecule has 1 atom stereocenters. The molecular weight excluding hydrogens is 281 g/mol. The summed E-state index contributed by atoms with van der Waals surface area (Å²) in [6.45, 7) is 3.54. The van der Waals surface area contributed by atoms with E-state index in [1.165, 1.54) is 22.5 Å². The van der Waals surface area contributed by atoms with E-state index in [1.807, 2.05) is 6.92 Å². The maximum Gasteiger partial charge on any atom is 0.246 e. The van der Waals surface area contributed by atoms with Crippen molar-refractivity contribution in [3.63, 3.8) is 0 Å². The SMILES string of the molecule is C[C@H](C#N)[NH+]1CCN(S(=O)(=O)c2ccccc2F)CC1. The van der Waals surface area contributed by atoms with Crippen LogP contribution in [-0.2, 0) is 10.0 Å². The van der Waals surface area contributed by atoms with Gasteiger partial charge in [-0.25, -0.2) is 12.8 Å². The Morgan fingerprint density at radius 2 is 1.95 bits per heavy atom. The number of rotatable bonds is 3. The molecule has 1 N–H and O–H groups in total. The van der Waals surface area contributed by atoms with Crippen LogP contribution in [0.15, 0.2) is 29.2 Å². The Bertz CT molecular complexity index is 619. The minimum atomic E-state index is -3.79. The molecule has 1 fully saturated rings. The molecule has 0 bridgehead atoms. The van der Waals surface area contributed by atoms with Crippen LogP contribution in [0.4, 0.5) is 4.39 Å². The van der Waals surface area contributed by atoms with Crippen LogP contribution in [0.3, 0.4) is 0 Å². The van der Waals surface area contributed by atoms with Crippen LogP contribution < -0.4 is 4.90 Å². The van der Waals surface area contributed by atoms with Gasteiger partial charge in [0, 0.05) is 6.92 Å². The van der Waals surface area contributed by atoms with Crippen molar-refractivity contribution in [2.45, 2.75) is 17.9 Å². The molecule has 0 unspecified atom stereocenters. The zero-order valence-electron chi connectivity index (χ0n) is 11.2. The fourth-order valence-electron chi connectivity index (χ4n) is 2.33. The molecule has 1 aliphatic heterocycles. The van der Waals surface area contributed by atoms with Gasteiger partial charge in [0.25, 0.3) is 0 Å². The maximum absolute atomic E-state index is 13.6. The van der Waals surface area contributed by atoms with Crippen molar-refractivity contribution in [3.8, 4) is 6.07 Å². The van der Waals surface area contributed by atoms with Gasteiger partial charge in [-0.05, 0) is 12.1 Å². The molecule has 0 amide bonds. The van der Waals surface area contributed by atoms with E-state index in [0.29, 0.717) is 26.2 Å². The number of hydrogen-bond acceptors (Lipinski definition) is 3. The van der Waals surface area contributed by atoms with Gasteiger partial charge in [0.2, 0.25) is 10.0 Å². The first-order chi connectivity index (χ1) is 9.46. The first kappa shape index (κ1) is 14.9. The van der Waals surface area contributed by atoms with E-state index in [4.69, 9.17) is 5.26 Å². The van der Waals surface area contributed by atoms with Crippen molar-refractivity contribution in [2.24, 2.45) is 0 Å². The van der Waals surface area contributed by atoms with Crippen LogP contribution in [0.5, 0.6) is 0 Å². The molecule has 0 aromatic heterocycles. The average molecular weight is 298 g/mol. The maximum atomic E-state index is 13.6. The Morgan fingerprint density at radius 3 is 2.50 bits per heavy atom. The van der Waals surface area contributed by atoms with Gasteiger partial charge < -0.3 is 4.90 Å². The summed E-state index contributed by atoms with van der Waals surface area (Å²) in [6, 6.07) is 7.40. The lowest BCUT2D eigenvalue weighted by molar-refractivity contribution is -0.918. The Balaban J connectivity index is 2.15.